The number of para-hydroxylation sites is 2. The Labute approximate surface area is 597 Å². The van der Waals surface area contributed by atoms with Crippen molar-refractivity contribution in [3.8, 4) is 0 Å². The number of carboxylic acid groups (broad SMARTS) is 1. The molecule has 0 atom stereocenters. The number of hydrogen-bond acceptors (Lipinski definition) is 12. The quantitative estimate of drug-likeness (QED) is 0.0269. The Morgan fingerprint density at radius 3 is 1.02 bits per heavy atom. The van der Waals surface area contributed by atoms with Gasteiger partial charge in [-0.2, -0.15) is 19.2 Å². The van der Waals surface area contributed by atoms with Gasteiger partial charge in [-0.05, 0) is 197 Å². The molecule has 0 heterocycles. The zero-order valence-electron chi connectivity index (χ0n) is 60.3. The van der Waals surface area contributed by atoms with E-state index in [0.717, 1.165) is 86.1 Å². The Bertz CT molecular complexity index is 3150. The molecular weight excluding hydrogens is 1290 g/mol. The summed E-state index contributed by atoms with van der Waals surface area (Å²) in [5, 5.41) is 17.4. The smallest absolute Gasteiger partial charge is 0.870 e. The third-order valence-corrected chi connectivity index (χ3v) is 18.3. The van der Waals surface area contributed by atoms with E-state index in [-0.39, 0.29) is 36.6 Å². The Kier molecular flexibility index (Phi) is 38.4. The molecule has 0 unspecified atom stereocenters. The standard InChI is InChI=1S/C26H36N2O2.C26H38N2.C20H34N2.C6H5I.2CO2.Li.H2O/c1-19(2)17-28(18-20(3)4)24-13-12-21(26(25(29)30)14-8-9-15-26)16-23(24)27-22-10-6-5-7-11-22;1-20(2)18-28(19-21(3)4)25-14-13-22(26(5)15-9-10-16-26)17-24(25)27-23-11-7-6-8-12-23;1-15(2)13-22(14-16(3)4)19-9-8-17(12-18(19)21)20(5)10-6-7-11-20;7-6-4-2-1-3-5-6;2*2-1-3;;/h5-7,10-13,16,19-20,27H,8-9,14-15,17-18H2,1-4H3,(H,29,30);6-8,11-14,17,20-21,27H,9-10,15-16,18-19H2,1-5H3;8-9,12,15-16H,6-7,10-11,13-14,21H2,1-5H3;1-5H;;;;1H2/q;;;;;;+1;/p-1. The average molecular weight is 1410 g/mol. The number of aliphatic carboxylic acids is 1. The average Bonchev–Trinajstić information content (AvgIpc) is 1.78. The maximum Gasteiger partial charge on any atom is 1.00 e. The molecule has 3 aliphatic rings. The van der Waals surface area contributed by atoms with Gasteiger partial charge in [-0.3, -0.25) is 4.79 Å². The second-order valence-electron chi connectivity index (χ2n) is 28.9. The number of nitrogen functional groups attached to an aromatic ring is 1. The number of nitrogens with one attached hydrogen (secondary N) is 2. The Hall–Kier alpha value is -6.36. The molecule has 0 spiro atoms. The zero-order chi connectivity index (χ0) is 68.7. The third kappa shape index (κ3) is 28.0. The number of rotatable bonds is 23. The van der Waals surface area contributed by atoms with Crippen LogP contribution in [0.4, 0.5) is 45.5 Å². The minimum absolute atomic E-state index is 0. The number of carboxylic acids is 1. The fourth-order valence-corrected chi connectivity index (χ4v) is 13.8. The second kappa shape index (κ2) is 43.0. The predicted molar refractivity (Wildman–Crippen MR) is 399 cm³/mol. The van der Waals surface area contributed by atoms with Crippen molar-refractivity contribution in [2.45, 2.75) is 190 Å². The van der Waals surface area contributed by atoms with Gasteiger partial charge in [0.05, 0.1) is 39.5 Å². The van der Waals surface area contributed by atoms with Crippen molar-refractivity contribution in [3.63, 3.8) is 0 Å². The number of halogens is 1. The van der Waals surface area contributed by atoms with Crippen LogP contribution in [-0.2, 0) is 40.2 Å². The molecule has 3 aliphatic carbocycles. The number of carbonyl (C=O) groups is 1. The molecule has 6 aromatic carbocycles. The monoisotopic (exact) mass is 1400 g/mol. The van der Waals surface area contributed by atoms with Crippen LogP contribution in [0.3, 0.4) is 0 Å². The number of benzene rings is 6. The van der Waals surface area contributed by atoms with Crippen molar-refractivity contribution >= 4 is 86.4 Å². The van der Waals surface area contributed by atoms with E-state index in [4.69, 9.17) is 24.9 Å². The van der Waals surface area contributed by atoms with Crippen molar-refractivity contribution in [3.05, 3.63) is 166 Å². The van der Waals surface area contributed by atoms with E-state index in [2.05, 4.69) is 242 Å². The molecule has 0 aliphatic heterocycles. The summed E-state index contributed by atoms with van der Waals surface area (Å²) in [5.41, 5.74) is 19.3. The van der Waals surface area contributed by atoms with Crippen molar-refractivity contribution in [1.82, 2.24) is 0 Å². The summed E-state index contributed by atoms with van der Waals surface area (Å²) in [7, 11) is 0. The SMILES string of the molecule is CC(C)CN(CC(C)C)c1ccc(C2(C(=O)O)CCCC2)cc1Nc1ccccc1.CC(C)CN(CC(C)C)c1ccc(C2(C)CCCC2)cc1N.CC(C)CN(CC(C)C)c1ccc(C2(C)CCCC2)cc1Nc1ccccc1.Ic1ccccc1.O=C=O.O=C=O.[Li+].[OH-]. The van der Waals surface area contributed by atoms with E-state index in [0.29, 0.717) is 59.2 Å². The molecule has 0 bridgehead atoms. The Balaban J connectivity index is 0.000000441. The third-order valence-electron chi connectivity index (χ3n) is 17.6. The maximum atomic E-state index is 12.3. The van der Waals surface area contributed by atoms with Crippen molar-refractivity contribution in [1.29, 1.82) is 0 Å². The van der Waals surface area contributed by atoms with Gasteiger partial charge in [0, 0.05) is 54.2 Å². The minimum atomic E-state index is -0.757. The molecule has 0 aromatic heterocycles. The number of nitrogens with two attached hydrogens (primary N) is 1. The molecule has 6 aromatic rings. The van der Waals surface area contributed by atoms with Crippen LogP contribution in [-0.4, -0.2) is 68.1 Å². The molecular formula is C80H114ILiN6O7. The second-order valence-corrected chi connectivity index (χ2v) is 30.1. The molecule has 15 heteroatoms. The van der Waals surface area contributed by atoms with E-state index >= 15 is 0 Å². The van der Waals surface area contributed by atoms with E-state index in [1.165, 1.54) is 83.1 Å². The number of nitrogens with zero attached hydrogens (tertiary/aromatic N) is 3. The molecule has 13 nitrogen and oxygen atoms in total. The first-order valence-corrected chi connectivity index (χ1v) is 35.3. The fourth-order valence-electron chi connectivity index (χ4n) is 13.4. The van der Waals surface area contributed by atoms with Gasteiger partial charge in [-0.25, -0.2) is 0 Å². The van der Waals surface area contributed by atoms with Gasteiger partial charge in [-0.1, -0.05) is 208 Å². The van der Waals surface area contributed by atoms with Crippen LogP contribution in [0, 0.1) is 39.1 Å². The van der Waals surface area contributed by atoms with Crippen LogP contribution in [0.5, 0.6) is 0 Å². The normalized spacial score (nSPS) is 14.5. The van der Waals surface area contributed by atoms with Crippen LogP contribution < -0.4 is 49.9 Å². The first-order chi connectivity index (χ1) is 44.2. The van der Waals surface area contributed by atoms with Crippen LogP contribution in [0.25, 0.3) is 0 Å². The van der Waals surface area contributed by atoms with Crippen molar-refractivity contribution < 1.29 is 53.4 Å². The Morgan fingerprint density at radius 1 is 0.453 bits per heavy atom. The van der Waals surface area contributed by atoms with Gasteiger partial charge in [0.15, 0.2) is 0 Å². The summed E-state index contributed by atoms with van der Waals surface area (Å²) in [4.78, 5) is 52.2. The van der Waals surface area contributed by atoms with Gasteiger partial charge in [0.1, 0.15) is 0 Å². The van der Waals surface area contributed by atoms with Gasteiger partial charge >= 0.3 is 37.1 Å². The summed E-state index contributed by atoms with van der Waals surface area (Å²) in [6.45, 7) is 38.4. The number of anilines is 8. The first kappa shape index (κ1) is 84.7. The largest absolute Gasteiger partial charge is 1.00 e. The summed E-state index contributed by atoms with van der Waals surface area (Å²) < 4.78 is 1.29. The van der Waals surface area contributed by atoms with Gasteiger partial charge in [0.25, 0.3) is 0 Å². The summed E-state index contributed by atoms with van der Waals surface area (Å²) in [6, 6.07) is 51.2. The molecule has 0 amide bonds. The van der Waals surface area contributed by atoms with Crippen LogP contribution in [0.2, 0.25) is 0 Å². The zero-order valence-corrected chi connectivity index (χ0v) is 62.4. The van der Waals surface area contributed by atoms with Crippen molar-refractivity contribution in [2.75, 3.05) is 70.3 Å². The van der Waals surface area contributed by atoms with Gasteiger partial charge < -0.3 is 41.6 Å². The minimum Gasteiger partial charge on any atom is -0.870 e. The molecule has 6 N–H and O–H groups in total. The number of hydrogen-bond donors (Lipinski definition) is 4. The van der Waals surface area contributed by atoms with Crippen LogP contribution in [0.15, 0.2) is 146 Å². The van der Waals surface area contributed by atoms with Gasteiger partial charge in [0.2, 0.25) is 0 Å². The van der Waals surface area contributed by atoms with E-state index in [1.54, 1.807) is 0 Å². The van der Waals surface area contributed by atoms with Gasteiger partial charge in [-0.15, -0.1) is 0 Å². The molecule has 0 saturated heterocycles. The Morgan fingerprint density at radius 2 is 0.726 bits per heavy atom. The molecule has 3 fully saturated rings. The van der Waals surface area contributed by atoms with Crippen molar-refractivity contribution in [2.24, 2.45) is 35.5 Å². The number of carbonyl (C=O) groups excluding carboxylic acids is 4. The molecule has 0 radical (unpaired) electrons. The molecule has 514 valence electrons. The van der Waals surface area contributed by atoms with E-state index < -0.39 is 11.4 Å². The van der Waals surface area contributed by atoms with Crippen LogP contribution in [0.1, 0.15) is 191 Å². The van der Waals surface area contributed by atoms with Crippen LogP contribution >= 0.6 is 22.6 Å². The molecule has 9 rings (SSSR count). The first-order valence-electron chi connectivity index (χ1n) is 34.2. The molecule has 95 heavy (non-hydrogen) atoms. The predicted octanol–water partition coefficient (Wildman–Crippen LogP) is 17.0. The molecule has 3 saturated carbocycles. The maximum absolute atomic E-state index is 12.3. The summed E-state index contributed by atoms with van der Waals surface area (Å²) >= 11 is 2.28. The fraction of sp³-hybridized carbons (Fsp3) is 0.512. The van der Waals surface area contributed by atoms with E-state index in [1.807, 2.05) is 48.5 Å². The summed E-state index contributed by atoms with van der Waals surface area (Å²) in [6.07, 6.45) is 14.5. The van der Waals surface area contributed by atoms with E-state index in [9.17, 15) is 9.90 Å². The topological polar surface area (TPSA) is 195 Å². The summed E-state index contributed by atoms with van der Waals surface area (Å²) in [5.74, 6) is 2.93.